The second-order valence-electron chi connectivity index (χ2n) is 4.93. The van der Waals surface area contributed by atoms with E-state index in [1.807, 2.05) is 14.0 Å². The number of nitrogens with one attached hydrogen (secondary N) is 1. The summed E-state index contributed by atoms with van der Waals surface area (Å²) >= 11 is 0. The molecule has 0 aliphatic heterocycles. The third-order valence-corrected chi connectivity index (χ3v) is 3.32. The highest BCUT2D eigenvalue weighted by atomic mass is 19.4. The molecule has 0 amide bonds. The van der Waals surface area contributed by atoms with Crippen molar-refractivity contribution in [2.75, 3.05) is 18.5 Å². The van der Waals surface area contributed by atoms with E-state index in [1.165, 1.54) is 11.1 Å². The summed E-state index contributed by atoms with van der Waals surface area (Å²) in [7, 11) is 1.82. The number of pyridine rings is 1. The van der Waals surface area contributed by atoms with Crippen molar-refractivity contribution in [2.45, 2.75) is 38.0 Å². The molecule has 6 heteroatoms. The maximum atomic E-state index is 12.6. The number of rotatable bonds is 5. The van der Waals surface area contributed by atoms with Crippen LogP contribution in [0.2, 0.25) is 0 Å². The Kier molecular flexibility index (Phi) is 3.99. The van der Waals surface area contributed by atoms with Crippen LogP contribution in [0.25, 0.3) is 0 Å². The molecule has 1 aliphatic rings. The summed E-state index contributed by atoms with van der Waals surface area (Å²) in [6.45, 7) is 1.05. The molecule has 1 fully saturated rings. The summed E-state index contributed by atoms with van der Waals surface area (Å²) < 4.78 is 37.7. The fraction of sp³-hybridized carbons (Fsp3) is 0.615. The highest BCUT2D eigenvalue weighted by Gasteiger charge is 2.38. The van der Waals surface area contributed by atoms with Gasteiger partial charge in [0.25, 0.3) is 0 Å². The summed E-state index contributed by atoms with van der Waals surface area (Å²) in [5, 5.41) is 3.05. The van der Waals surface area contributed by atoms with Crippen LogP contribution in [-0.4, -0.2) is 30.8 Å². The van der Waals surface area contributed by atoms with E-state index < -0.39 is 12.7 Å². The van der Waals surface area contributed by atoms with Gasteiger partial charge in [-0.1, -0.05) is 0 Å². The van der Waals surface area contributed by atoms with Crippen LogP contribution in [0.5, 0.6) is 0 Å². The second kappa shape index (κ2) is 5.36. The van der Waals surface area contributed by atoms with Crippen LogP contribution < -0.4 is 10.2 Å². The first-order valence-electron chi connectivity index (χ1n) is 6.37. The van der Waals surface area contributed by atoms with Crippen molar-refractivity contribution in [1.29, 1.82) is 0 Å². The van der Waals surface area contributed by atoms with Gasteiger partial charge >= 0.3 is 6.18 Å². The fourth-order valence-corrected chi connectivity index (χ4v) is 1.98. The summed E-state index contributed by atoms with van der Waals surface area (Å²) in [6.07, 6.45) is -0.998. The zero-order valence-electron chi connectivity index (χ0n) is 11.0. The van der Waals surface area contributed by atoms with Crippen LogP contribution >= 0.6 is 0 Å². The normalized spacial score (nSPS) is 17.3. The Hall–Kier alpha value is -1.30. The van der Waals surface area contributed by atoms with E-state index in [0.29, 0.717) is 5.69 Å². The molecular weight excluding hydrogens is 255 g/mol. The highest BCUT2D eigenvalue weighted by Crippen LogP contribution is 2.34. The Balaban J connectivity index is 2.13. The van der Waals surface area contributed by atoms with Gasteiger partial charge in [-0.15, -0.1) is 0 Å². The van der Waals surface area contributed by atoms with Crippen LogP contribution in [0, 0.1) is 0 Å². The number of halogens is 3. The van der Waals surface area contributed by atoms with Crippen molar-refractivity contribution in [3.63, 3.8) is 0 Å². The number of hydrogen-bond donors (Lipinski definition) is 1. The van der Waals surface area contributed by atoms with Gasteiger partial charge < -0.3 is 10.2 Å². The molecular formula is C13H18F3N3. The lowest BCUT2D eigenvalue weighted by Crippen LogP contribution is -2.36. The maximum absolute atomic E-state index is 12.6. The van der Waals surface area contributed by atoms with Crippen molar-refractivity contribution in [2.24, 2.45) is 0 Å². The Morgan fingerprint density at radius 1 is 1.42 bits per heavy atom. The SMILES string of the molecule is CNC(C)c1ccc(N(CC(F)(F)F)C2CC2)cn1. The van der Waals surface area contributed by atoms with Gasteiger partial charge in [0.2, 0.25) is 0 Å². The summed E-state index contributed by atoms with van der Waals surface area (Å²) in [5.41, 5.74) is 1.38. The molecule has 0 bridgehead atoms. The van der Waals surface area contributed by atoms with Crippen molar-refractivity contribution in [3.8, 4) is 0 Å². The number of alkyl halides is 3. The molecule has 1 saturated carbocycles. The molecule has 0 spiro atoms. The topological polar surface area (TPSA) is 28.2 Å². The van der Waals surface area contributed by atoms with Gasteiger partial charge in [0.15, 0.2) is 0 Å². The van der Waals surface area contributed by atoms with Crippen LogP contribution in [-0.2, 0) is 0 Å². The molecule has 1 unspecified atom stereocenters. The van der Waals surface area contributed by atoms with Gasteiger partial charge in [0.05, 0.1) is 17.6 Å². The zero-order valence-corrected chi connectivity index (χ0v) is 11.0. The van der Waals surface area contributed by atoms with Crippen molar-refractivity contribution in [3.05, 3.63) is 24.0 Å². The smallest absolute Gasteiger partial charge is 0.358 e. The second-order valence-corrected chi connectivity index (χ2v) is 4.93. The zero-order chi connectivity index (χ0) is 14.0. The predicted octanol–water partition coefficient (Wildman–Crippen LogP) is 2.89. The number of nitrogens with zero attached hydrogens (tertiary/aromatic N) is 2. The molecule has 2 rings (SSSR count). The van der Waals surface area contributed by atoms with Crippen molar-refractivity contribution in [1.82, 2.24) is 10.3 Å². The molecule has 1 heterocycles. The first-order valence-corrected chi connectivity index (χ1v) is 6.37. The molecule has 3 nitrogen and oxygen atoms in total. The lowest BCUT2D eigenvalue weighted by atomic mass is 10.2. The molecule has 1 aromatic rings. The van der Waals surface area contributed by atoms with E-state index >= 15 is 0 Å². The molecule has 106 valence electrons. The van der Waals surface area contributed by atoms with E-state index in [4.69, 9.17) is 0 Å². The van der Waals surface area contributed by atoms with Gasteiger partial charge in [-0.2, -0.15) is 13.2 Å². The van der Waals surface area contributed by atoms with Crippen molar-refractivity contribution >= 4 is 5.69 Å². The molecule has 0 aromatic carbocycles. The van der Waals surface area contributed by atoms with E-state index in [9.17, 15) is 13.2 Å². The minimum absolute atomic E-state index is 0.0102. The monoisotopic (exact) mass is 273 g/mol. The van der Waals surface area contributed by atoms with E-state index in [-0.39, 0.29) is 12.1 Å². The molecule has 0 radical (unpaired) electrons. The van der Waals surface area contributed by atoms with Gasteiger partial charge in [0.1, 0.15) is 6.54 Å². The molecule has 19 heavy (non-hydrogen) atoms. The molecule has 1 N–H and O–H groups in total. The standard InChI is InChI=1S/C13H18F3N3/c1-9(17-2)12-6-5-11(7-18-12)19(10-3-4-10)8-13(14,15)16/h5-7,9-10,17H,3-4,8H2,1-2H3. The highest BCUT2D eigenvalue weighted by molar-refractivity contribution is 5.47. The third kappa shape index (κ3) is 3.83. The quantitative estimate of drug-likeness (QED) is 0.894. The first kappa shape index (κ1) is 14.1. The minimum Gasteiger partial charge on any atom is -0.358 e. The van der Waals surface area contributed by atoms with E-state index in [1.54, 1.807) is 12.1 Å². The number of aromatic nitrogens is 1. The fourth-order valence-electron chi connectivity index (χ4n) is 1.98. The van der Waals surface area contributed by atoms with Crippen LogP contribution in [0.1, 0.15) is 31.5 Å². The summed E-state index contributed by atoms with van der Waals surface area (Å²) in [6, 6.07) is 3.60. The Morgan fingerprint density at radius 3 is 2.53 bits per heavy atom. The van der Waals surface area contributed by atoms with E-state index in [2.05, 4.69) is 10.3 Å². The summed E-state index contributed by atoms with van der Waals surface area (Å²) in [4.78, 5) is 5.64. The Morgan fingerprint density at radius 2 is 2.11 bits per heavy atom. The molecule has 1 aromatic heterocycles. The Labute approximate surface area is 110 Å². The van der Waals surface area contributed by atoms with Gasteiger partial charge in [0, 0.05) is 12.1 Å². The lowest BCUT2D eigenvalue weighted by Gasteiger charge is -2.25. The van der Waals surface area contributed by atoms with Crippen LogP contribution in [0.15, 0.2) is 18.3 Å². The molecule has 1 atom stereocenters. The van der Waals surface area contributed by atoms with Crippen LogP contribution in [0.3, 0.4) is 0 Å². The van der Waals surface area contributed by atoms with Gasteiger partial charge in [-0.3, -0.25) is 4.98 Å². The molecule has 1 aliphatic carbocycles. The maximum Gasteiger partial charge on any atom is 0.405 e. The first-order chi connectivity index (χ1) is 8.90. The van der Waals surface area contributed by atoms with Crippen LogP contribution in [0.4, 0.5) is 18.9 Å². The van der Waals surface area contributed by atoms with Gasteiger partial charge in [-0.25, -0.2) is 0 Å². The number of anilines is 1. The van der Waals surface area contributed by atoms with E-state index in [0.717, 1.165) is 18.5 Å². The third-order valence-electron chi connectivity index (χ3n) is 3.32. The van der Waals surface area contributed by atoms with Gasteiger partial charge in [-0.05, 0) is 38.9 Å². The predicted molar refractivity (Wildman–Crippen MR) is 68.1 cm³/mol. The largest absolute Gasteiger partial charge is 0.405 e. The number of hydrogen-bond acceptors (Lipinski definition) is 3. The van der Waals surface area contributed by atoms with Crippen molar-refractivity contribution < 1.29 is 13.2 Å². The average molecular weight is 273 g/mol. The molecule has 0 saturated heterocycles. The summed E-state index contributed by atoms with van der Waals surface area (Å²) in [5.74, 6) is 0. The lowest BCUT2D eigenvalue weighted by molar-refractivity contribution is -0.120. The average Bonchev–Trinajstić information content (AvgIpc) is 3.18. The minimum atomic E-state index is -4.18. The Bertz CT molecular complexity index is 412.